The molecule has 19 heavy (non-hydrogen) atoms. The number of anilines is 1. The Morgan fingerprint density at radius 3 is 2.84 bits per heavy atom. The summed E-state index contributed by atoms with van der Waals surface area (Å²) < 4.78 is 1.43. The number of rotatable bonds is 3. The number of benzene rings is 1. The van der Waals surface area contributed by atoms with Crippen LogP contribution in [0.3, 0.4) is 0 Å². The fourth-order valence-corrected chi connectivity index (χ4v) is 1.97. The van der Waals surface area contributed by atoms with E-state index < -0.39 is 0 Å². The molecule has 2 heterocycles. The maximum absolute atomic E-state index is 4.37. The summed E-state index contributed by atoms with van der Waals surface area (Å²) in [7, 11) is 2.00. The van der Waals surface area contributed by atoms with Gasteiger partial charge in [0.15, 0.2) is 11.5 Å². The maximum Gasteiger partial charge on any atom is 0.200 e. The Kier molecular flexibility index (Phi) is 2.83. The molecule has 0 aliphatic heterocycles. The molecular formula is C13H14N6. The van der Waals surface area contributed by atoms with Gasteiger partial charge in [0.2, 0.25) is 0 Å². The van der Waals surface area contributed by atoms with Gasteiger partial charge < -0.3 is 4.90 Å². The second-order valence-electron chi connectivity index (χ2n) is 4.50. The molecule has 3 aromatic rings. The van der Waals surface area contributed by atoms with Crippen molar-refractivity contribution in [3.05, 3.63) is 47.5 Å². The van der Waals surface area contributed by atoms with Crippen molar-refractivity contribution in [2.24, 2.45) is 0 Å². The molecule has 0 aliphatic carbocycles. The van der Waals surface area contributed by atoms with Gasteiger partial charge in [-0.15, -0.1) is 14.8 Å². The highest BCUT2D eigenvalue weighted by Crippen LogP contribution is 2.14. The van der Waals surface area contributed by atoms with Gasteiger partial charge in [0.25, 0.3) is 0 Å². The van der Waals surface area contributed by atoms with Crippen LogP contribution in [0.1, 0.15) is 11.1 Å². The molecule has 0 bridgehead atoms. The minimum absolute atomic E-state index is 0.646. The number of aryl methyl sites for hydroxylation is 1. The van der Waals surface area contributed by atoms with Crippen LogP contribution < -0.4 is 4.90 Å². The second kappa shape index (κ2) is 4.64. The third-order valence-corrected chi connectivity index (χ3v) is 3.12. The predicted molar refractivity (Wildman–Crippen MR) is 71.9 cm³/mol. The SMILES string of the molecule is Cc1ccccc1CN(C)c1ccc2nnnn2n1. The summed E-state index contributed by atoms with van der Waals surface area (Å²) in [5.41, 5.74) is 3.20. The van der Waals surface area contributed by atoms with Crippen molar-refractivity contribution in [1.29, 1.82) is 0 Å². The Morgan fingerprint density at radius 1 is 1.16 bits per heavy atom. The average Bonchev–Trinajstić information content (AvgIpc) is 2.88. The maximum atomic E-state index is 4.37. The van der Waals surface area contributed by atoms with E-state index in [9.17, 15) is 0 Å². The molecule has 0 spiro atoms. The average molecular weight is 254 g/mol. The van der Waals surface area contributed by atoms with Gasteiger partial charge in [0.1, 0.15) is 0 Å². The fraction of sp³-hybridized carbons (Fsp3) is 0.231. The van der Waals surface area contributed by atoms with E-state index in [1.165, 1.54) is 15.8 Å². The Labute approximate surface area is 110 Å². The number of hydrogen-bond acceptors (Lipinski definition) is 5. The topological polar surface area (TPSA) is 59.2 Å². The highest BCUT2D eigenvalue weighted by Gasteiger charge is 2.07. The molecule has 0 saturated heterocycles. The zero-order valence-electron chi connectivity index (χ0n) is 10.9. The molecule has 0 aliphatic rings. The van der Waals surface area contributed by atoms with Crippen LogP contribution in [-0.2, 0) is 6.54 Å². The minimum Gasteiger partial charge on any atom is -0.354 e. The molecule has 6 nitrogen and oxygen atoms in total. The van der Waals surface area contributed by atoms with Crippen LogP contribution in [0.25, 0.3) is 5.65 Å². The van der Waals surface area contributed by atoms with Crippen LogP contribution >= 0.6 is 0 Å². The lowest BCUT2D eigenvalue weighted by Gasteiger charge is -2.18. The predicted octanol–water partition coefficient (Wildman–Crippen LogP) is 1.46. The molecular weight excluding hydrogens is 240 g/mol. The van der Waals surface area contributed by atoms with E-state index in [0.717, 1.165) is 12.4 Å². The van der Waals surface area contributed by atoms with Gasteiger partial charge >= 0.3 is 0 Å². The number of hydrogen-bond donors (Lipinski definition) is 0. The van der Waals surface area contributed by atoms with Crippen LogP contribution in [0, 0.1) is 6.92 Å². The summed E-state index contributed by atoms with van der Waals surface area (Å²) >= 11 is 0. The number of aromatic nitrogens is 5. The summed E-state index contributed by atoms with van der Waals surface area (Å²) in [6.07, 6.45) is 0. The van der Waals surface area contributed by atoms with Crippen LogP contribution in [0.5, 0.6) is 0 Å². The van der Waals surface area contributed by atoms with Crippen molar-refractivity contribution in [2.75, 3.05) is 11.9 Å². The van der Waals surface area contributed by atoms with E-state index in [2.05, 4.69) is 44.6 Å². The van der Waals surface area contributed by atoms with E-state index in [1.807, 2.05) is 31.3 Å². The molecule has 6 heteroatoms. The second-order valence-corrected chi connectivity index (χ2v) is 4.50. The Morgan fingerprint density at radius 2 is 2.00 bits per heavy atom. The first-order valence-electron chi connectivity index (χ1n) is 6.05. The molecule has 0 atom stereocenters. The van der Waals surface area contributed by atoms with E-state index in [-0.39, 0.29) is 0 Å². The van der Waals surface area contributed by atoms with Crippen LogP contribution in [-0.4, -0.2) is 32.3 Å². The quantitative estimate of drug-likeness (QED) is 0.708. The van der Waals surface area contributed by atoms with Crippen molar-refractivity contribution in [1.82, 2.24) is 25.3 Å². The summed E-state index contributed by atoms with van der Waals surface area (Å²) in [6.45, 7) is 2.91. The van der Waals surface area contributed by atoms with Crippen LogP contribution in [0.2, 0.25) is 0 Å². The number of nitrogens with zero attached hydrogens (tertiary/aromatic N) is 6. The first-order valence-corrected chi connectivity index (χ1v) is 6.05. The monoisotopic (exact) mass is 254 g/mol. The standard InChI is InChI=1S/C13H14N6/c1-10-5-3-4-6-11(10)9-18(2)13-8-7-12-14-16-17-19(12)15-13/h3-8H,9H2,1-2H3. The van der Waals surface area contributed by atoms with E-state index in [1.54, 1.807) is 0 Å². The van der Waals surface area contributed by atoms with Gasteiger partial charge in [-0.25, -0.2) is 0 Å². The molecule has 0 fully saturated rings. The highest BCUT2D eigenvalue weighted by molar-refractivity contribution is 5.44. The lowest BCUT2D eigenvalue weighted by molar-refractivity contribution is 0.720. The third kappa shape index (κ3) is 2.24. The summed E-state index contributed by atoms with van der Waals surface area (Å²) in [4.78, 5) is 2.07. The largest absolute Gasteiger partial charge is 0.354 e. The van der Waals surface area contributed by atoms with Gasteiger partial charge in [0, 0.05) is 13.6 Å². The molecule has 0 unspecified atom stereocenters. The molecule has 0 N–H and O–H groups in total. The van der Waals surface area contributed by atoms with Crippen LogP contribution in [0.4, 0.5) is 5.82 Å². The first-order chi connectivity index (χ1) is 9.24. The molecule has 3 rings (SSSR count). The lowest BCUT2D eigenvalue weighted by Crippen LogP contribution is -2.19. The summed E-state index contributed by atoms with van der Waals surface area (Å²) in [6, 6.07) is 12.1. The van der Waals surface area contributed by atoms with Crippen molar-refractivity contribution >= 4 is 11.5 Å². The van der Waals surface area contributed by atoms with Crippen molar-refractivity contribution in [3.63, 3.8) is 0 Å². The van der Waals surface area contributed by atoms with Gasteiger partial charge in [-0.3, -0.25) is 0 Å². The molecule has 96 valence electrons. The molecule has 0 amide bonds. The van der Waals surface area contributed by atoms with E-state index >= 15 is 0 Å². The molecule has 2 aromatic heterocycles. The Balaban J connectivity index is 1.87. The van der Waals surface area contributed by atoms with Gasteiger partial charge in [-0.1, -0.05) is 24.3 Å². The third-order valence-electron chi connectivity index (χ3n) is 3.12. The first kappa shape index (κ1) is 11.6. The highest BCUT2D eigenvalue weighted by atomic mass is 15.6. The van der Waals surface area contributed by atoms with Gasteiger partial charge in [-0.05, 0) is 40.6 Å². The van der Waals surface area contributed by atoms with E-state index in [4.69, 9.17) is 0 Å². The molecule has 1 aromatic carbocycles. The molecule has 0 radical (unpaired) electrons. The number of tetrazole rings is 1. The normalized spacial score (nSPS) is 10.8. The van der Waals surface area contributed by atoms with Gasteiger partial charge in [0.05, 0.1) is 0 Å². The van der Waals surface area contributed by atoms with E-state index in [0.29, 0.717) is 5.65 Å². The lowest BCUT2D eigenvalue weighted by atomic mass is 10.1. The summed E-state index contributed by atoms with van der Waals surface area (Å²) in [5.74, 6) is 0.836. The fourth-order valence-electron chi connectivity index (χ4n) is 1.97. The smallest absolute Gasteiger partial charge is 0.200 e. The minimum atomic E-state index is 0.646. The number of fused-ring (bicyclic) bond motifs is 1. The zero-order valence-corrected chi connectivity index (χ0v) is 10.9. The Hall–Kier alpha value is -2.50. The zero-order chi connectivity index (χ0) is 13.2. The molecule has 0 saturated carbocycles. The summed E-state index contributed by atoms with van der Waals surface area (Å²) in [5, 5.41) is 15.6. The van der Waals surface area contributed by atoms with Crippen molar-refractivity contribution in [3.8, 4) is 0 Å². The van der Waals surface area contributed by atoms with Crippen molar-refractivity contribution < 1.29 is 0 Å². The van der Waals surface area contributed by atoms with Crippen molar-refractivity contribution in [2.45, 2.75) is 13.5 Å². The van der Waals surface area contributed by atoms with Gasteiger partial charge in [-0.2, -0.15) is 0 Å². The van der Waals surface area contributed by atoms with Crippen LogP contribution in [0.15, 0.2) is 36.4 Å². The Bertz CT molecular complexity index is 705.